The van der Waals surface area contributed by atoms with Crippen molar-refractivity contribution in [3.63, 3.8) is 0 Å². The van der Waals surface area contributed by atoms with E-state index in [0.29, 0.717) is 5.69 Å². The van der Waals surface area contributed by atoms with Crippen molar-refractivity contribution in [3.05, 3.63) is 24.0 Å². The molecule has 0 aromatic carbocycles. The summed E-state index contributed by atoms with van der Waals surface area (Å²) in [6.45, 7) is 11.1. The lowest BCUT2D eigenvalue weighted by Crippen LogP contribution is -2.48. The summed E-state index contributed by atoms with van der Waals surface area (Å²) in [5.74, 6) is 1.85. The van der Waals surface area contributed by atoms with Crippen molar-refractivity contribution in [2.45, 2.75) is 58.9 Å². The molecule has 0 spiro atoms. The van der Waals surface area contributed by atoms with E-state index >= 15 is 0 Å². The second-order valence-corrected chi connectivity index (χ2v) is 7.93. The first-order valence-electron chi connectivity index (χ1n) is 10.0. The summed E-state index contributed by atoms with van der Waals surface area (Å²) < 4.78 is 0. The molecule has 0 aliphatic carbocycles. The number of hydrogen-bond donors (Lipinski definition) is 0. The van der Waals surface area contributed by atoms with Gasteiger partial charge in [0.1, 0.15) is 5.69 Å². The highest BCUT2D eigenvalue weighted by Gasteiger charge is 2.29. The highest BCUT2D eigenvalue weighted by molar-refractivity contribution is 5.92. The van der Waals surface area contributed by atoms with Gasteiger partial charge in [0.05, 0.1) is 11.9 Å². The van der Waals surface area contributed by atoms with Crippen molar-refractivity contribution >= 4 is 11.5 Å². The Morgan fingerprint density at radius 2 is 1.84 bits per heavy atom. The molecule has 1 unspecified atom stereocenters. The fourth-order valence-electron chi connectivity index (χ4n) is 4.46. The second kappa shape index (κ2) is 8.31. The van der Waals surface area contributed by atoms with Crippen LogP contribution in [0.3, 0.4) is 0 Å². The molecule has 0 radical (unpaired) electrons. The molecule has 4 nitrogen and oxygen atoms in total. The second-order valence-electron chi connectivity index (χ2n) is 7.93. The predicted octanol–water partition coefficient (Wildman–Crippen LogP) is 4.01. The van der Waals surface area contributed by atoms with E-state index < -0.39 is 0 Å². The number of hydrogen-bond acceptors (Lipinski definition) is 4. The molecule has 1 aromatic rings. The van der Waals surface area contributed by atoms with Gasteiger partial charge in [0.15, 0.2) is 5.78 Å². The molecular formula is C21H33N3O. The van der Waals surface area contributed by atoms with E-state index in [1.165, 1.54) is 45.2 Å². The summed E-state index contributed by atoms with van der Waals surface area (Å²) in [5, 5.41) is 0. The van der Waals surface area contributed by atoms with E-state index in [0.717, 1.165) is 36.7 Å². The van der Waals surface area contributed by atoms with Crippen LogP contribution in [-0.4, -0.2) is 47.9 Å². The number of nitrogens with zero attached hydrogens (tertiary/aromatic N) is 3. The van der Waals surface area contributed by atoms with Gasteiger partial charge < -0.3 is 9.80 Å². The molecule has 1 atom stereocenters. The SMILES string of the molecule is CCC(C)C1CCN(C2CCN(c3ccc(C(C)=O)nc3)CC2)CC1. The molecule has 2 aliphatic rings. The Bertz CT molecular complexity index is 555. The van der Waals surface area contributed by atoms with Crippen molar-refractivity contribution < 1.29 is 4.79 Å². The molecule has 138 valence electrons. The summed E-state index contributed by atoms with van der Waals surface area (Å²) in [7, 11) is 0. The van der Waals surface area contributed by atoms with E-state index in [4.69, 9.17) is 0 Å². The fourth-order valence-corrected chi connectivity index (χ4v) is 4.46. The lowest BCUT2D eigenvalue weighted by molar-refractivity contribution is 0.0967. The van der Waals surface area contributed by atoms with E-state index in [-0.39, 0.29) is 5.78 Å². The van der Waals surface area contributed by atoms with Crippen LogP contribution >= 0.6 is 0 Å². The molecular weight excluding hydrogens is 310 g/mol. The zero-order valence-electron chi connectivity index (χ0n) is 16.1. The third-order valence-corrected chi connectivity index (χ3v) is 6.48. The van der Waals surface area contributed by atoms with E-state index in [1.54, 1.807) is 6.92 Å². The van der Waals surface area contributed by atoms with Gasteiger partial charge >= 0.3 is 0 Å². The van der Waals surface area contributed by atoms with Crippen molar-refractivity contribution in [1.82, 2.24) is 9.88 Å². The summed E-state index contributed by atoms with van der Waals surface area (Å²) in [6, 6.07) is 4.64. The molecule has 1 aromatic heterocycles. The number of likely N-dealkylation sites (tertiary alicyclic amines) is 1. The maximum Gasteiger partial charge on any atom is 0.178 e. The smallest absolute Gasteiger partial charge is 0.178 e. The zero-order valence-corrected chi connectivity index (χ0v) is 16.1. The quantitative estimate of drug-likeness (QED) is 0.757. The van der Waals surface area contributed by atoms with Gasteiger partial charge in [-0.3, -0.25) is 9.78 Å². The van der Waals surface area contributed by atoms with Crippen LogP contribution in [0.4, 0.5) is 5.69 Å². The largest absolute Gasteiger partial charge is 0.370 e. The first-order valence-corrected chi connectivity index (χ1v) is 10.0. The Morgan fingerprint density at radius 3 is 2.36 bits per heavy atom. The maximum absolute atomic E-state index is 11.4. The topological polar surface area (TPSA) is 36.4 Å². The maximum atomic E-state index is 11.4. The van der Waals surface area contributed by atoms with Crippen molar-refractivity contribution in [2.75, 3.05) is 31.1 Å². The van der Waals surface area contributed by atoms with Crippen LogP contribution in [0.25, 0.3) is 0 Å². The average Bonchev–Trinajstić information content (AvgIpc) is 2.67. The van der Waals surface area contributed by atoms with Crippen molar-refractivity contribution in [2.24, 2.45) is 11.8 Å². The van der Waals surface area contributed by atoms with Crippen LogP contribution in [0.15, 0.2) is 18.3 Å². The number of anilines is 1. The molecule has 2 fully saturated rings. The molecule has 2 aliphatic heterocycles. The Hall–Kier alpha value is -1.42. The van der Waals surface area contributed by atoms with Crippen LogP contribution in [0.2, 0.25) is 0 Å². The van der Waals surface area contributed by atoms with Gasteiger partial charge in [-0.15, -0.1) is 0 Å². The monoisotopic (exact) mass is 343 g/mol. The van der Waals surface area contributed by atoms with Crippen molar-refractivity contribution in [3.8, 4) is 0 Å². The Kier molecular flexibility index (Phi) is 6.10. The molecule has 0 saturated carbocycles. The number of rotatable bonds is 5. The van der Waals surface area contributed by atoms with Crippen molar-refractivity contribution in [1.29, 1.82) is 0 Å². The van der Waals surface area contributed by atoms with Gasteiger partial charge in [-0.05, 0) is 62.7 Å². The van der Waals surface area contributed by atoms with Crippen LogP contribution in [0.5, 0.6) is 0 Å². The minimum absolute atomic E-state index is 0.0334. The molecule has 0 N–H and O–H groups in total. The first kappa shape index (κ1) is 18.4. The summed E-state index contributed by atoms with van der Waals surface area (Å²) in [6.07, 6.45) is 8.41. The van der Waals surface area contributed by atoms with E-state index in [2.05, 4.69) is 28.6 Å². The highest BCUT2D eigenvalue weighted by Crippen LogP contribution is 2.30. The Balaban J connectivity index is 1.48. The van der Waals surface area contributed by atoms with Gasteiger partial charge in [0.2, 0.25) is 0 Å². The Labute approximate surface area is 152 Å². The molecule has 0 bridgehead atoms. The van der Waals surface area contributed by atoms with Gasteiger partial charge in [-0.2, -0.15) is 0 Å². The third kappa shape index (κ3) is 4.41. The van der Waals surface area contributed by atoms with E-state index in [1.807, 2.05) is 18.3 Å². The molecule has 3 heterocycles. The number of aromatic nitrogens is 1. The first-order chi connectivity index (χ1) is 12.1. The number of Topliss-reactive ketones (excluding diaryl/α,β-unsaturated/α-hetero) is 1. The molecule has 3 rings (SSSR count). The van der Waals surface area contributed by atoms with Crippen LogP contribution in [0.1, 0.15) is 63.4 Å². The lowest BCUT2D eigenvalue weighted by atomic mass is 9.83. The standard InChI is InChI=1S/C21H33N3O/c1-4-16(2)18-7-11-23(12-8-18)19-9-13-24(14-10-19)20-5-6-21(17(3)25)22-15-20/h5-6,15-16,18-19H,4,7-14H2,1-3H3. The number of carbonyl (C=O) groups is 1. The predicted molar refractivity (Wildman–Crippen MR) is 103 cm³/mol. The minimum atomic E-state index is 0.0334. The zero-order chi connectivity index (χ0) is 17.8. The van der Waals surface area contributed by atoms with Crippen LogP contribution < -0.4 is 4.90 Å². The highest BCUT2D eigenvalue weighted by atomic mass is 16.1. The molecule has 0 amide bonds. The summed E-state index contributed by atoms with van der Waals surface area (Å²) >= 11 is 0. The Morgan fingerprint density at radius 1 is 1.16 bits per heavy atom. The third-order valence-electron chi connectivity index (χ3n) is 6.48. The van der Waals surface area contributed by atoms with Gasteiger partial charge in [0.25, 0.3) is 0 Å². The number of piperidine rings is 2. The number of ketones is 1. The van der Waals surface area contributed by atoms with Crippen LogP contribution in [0, 0.1) is 11.8 Å². The minimum Gasteiger partial charge on any atom is -0.370 e. The van der Waals surface area contributed by atoms with E-state index in [9.17, 15) is 4.79 Å². The van der Waals surface area contributed by atoms with Gasteiger partial charge in [0, 0.05) is 26.1 Å². The number of pyridine rings is 1. The normalized spacial score (nSPS) is 22.1. The lowest BCUT2D eigenvalue weighted by Gasteiger charge is -2.43. The average molecular weight is 344 g/mol. The van der Waals surface area contributed by atoms with Gasteiger partial charge in [-0.25, -0.2) is 0 Å². The summed E-state index contributed by atoms with van der Waals surface area (Å²) in [4.78, 5) is 20.8. The summed E-state index contributed by atoms with van der Waals surface area (Å²) in [5.41, 5.74) is 1.71. The fraction of sp³-hybridized carbons (Fsp3) is 0.714. The van der Waals surface area contributed by atoms with Crippen LogP contribution in [-0.2, 0) is 0 Å². The molecule has 4 heteroatoms. The molecule has 2 saturated heterocycles. The van der Waals surface area contributed by atoms with Gasteiger partial charge in [-0.1, -0.05) is 20.3 Å². The molecule has 25 heavy (non-hydrogen) atoms. The number of carbonyl (C=O) groups excluding carboxylic acids is 1.